The van der Waals surface area contributed by atoms with Crippen molar-refractivity contribution in [3.8, 4) is 0 Å². The number of nitrogen functional groups attached to an aromatic ring is 2. The minimum atomic E-state index is 0.561. The number of halogens is 1. The molecule has 4 N–H and O–H groups in total. The monoisotopic (exact) mass is 198 g/mol. The summed E-state index contributed by atoms with van der Waals surface area (Å²) in [6.07, 6.45) is 0. The van der Waals surface area contributed by atoms with Gasteiger partial charge in [-0.2, -0.15) is 0 Å². The summed E-state index contributed by atoms with van der Waals surface area (Å²) >= 11 is 7.55. The van der Waals surface area contributed by atoms with Gasteiger partial charge in [-0.15, -0.1) is 11.3 Å². The van der Waals surface area contributed by atoms with Gasteiger partial charge in [0.15, 0.2) is 0 Å². The topological polar surface area (TPSA) is 52.0 Å². The van der Waals surface area contributed by atoms with Gasteiger partial charge in [0.2, 0.25) is 0 Å². The standard InChI is InChI=1S/C8H7ClN2S/c9-8-4(10)1-2-6-7(8)5(11)3-12-6/h1-3H,10-11H2. The first-order valence-electron chi connectivity index (χ1n) is 3.41. The molecule has 0 aliphatic carbocycles. The highest BCUT2D eigenvalue weighted by Crippen LogP contribution is 2.36. The molecule has 0 radical (unpaired) electrons. The van der Waals surface area contributed by atoms with E-state index in [0.29, 0.717) is 16.4 Å². The van der Waals surface area contributed by atoms with Crippen molar-refractivity contribution in [3.05, 3.63) is 22.5 Å². The molecule has 0 atom stereocenters. The van der Waals surface area contributed by atoms with Crippen LogP contribution in [0.1, 0.15) is 0 Å². The summed E-state index contributed by atoms with van der Waals surface area (Å²) in [5.74, 6) is 0. The van der Waals surface area contributed by atoms with E-state index in [9.17, 15) is 0 Å². The van der Waals surface area contributed by atoms with Gasteiger partial charge in [0.05, 0.1) is 16.4 Å². The molecule has 1 heterocycles. The third-order valence-corrected chi connectivity index (χ3v) is 3.11. The van der Waals surface area contributed by atoms with Crippen LogP contribution in [0.5, 0.6) is 0 Å². The molecule has 0 aliphatic heterocycles. The van der Waals surface area contributed by atoms with E-state index in [2.05, 4.69) is 0 Å². The molecule has 0 fully saturated rings. The minimum absolute atomic E-state index is 0.561. The molecular weight excluding hydrogens is 192 g/mol. The largest absolute Gasteiger partial charge is 0.398 e. The van der Waals surface area contributed by atoms with Gasteiger partial charge in [-0.3, -0.25) is 0 Å². The molecule has 2 rings (SSSR count). The van der Waals surface area contributed by atoms with E-state index in [-0.39, 0.29) is 0 Å². The van der Waals surface area contributed by atoms with Gasteiger partial charge in [0, 0.05) is 15.5 Å². The number of thiophene rings is 1. The van der Waals surface area contributed by atoms with Gasteiger partial charge in [-0.25, -0.2) is 0 Å². The summed E-state index contributed by atoms with van der Waals surface area (Å²) in [5, 5.41) is 3.31. The lowest BCUT2D eigenvalue weighted by molar-refractivity contribution is 1.78. The van der Waals surface area contributed by atoms with Crippen LogP contribution in [-0.2, 0) is 0 Å². The predicted octanol–water partition coefficient (Wildman–Crippen LogP) is 2.72. The zero-order valence-electron chi connectivity index (χ0n) is 6.17. The van der Waals surface area contributed by atoms with Crippen LogP contribution in [0, 0.1) is 0 Å². The fourth-order valence-corrected chi connectivity index (χ4v) is 2.31. The normalized spacial score (nSPS) is 10.8. The van der Waals surface area contributed by atoms with Gasteiger partial charge in [-0.1, -0.05) is 11.6 Å². The maximum Gasteiger partial charge on any atom is 0.0742 e. The van der Waals surface area contributed by atoms with Crippen LogP contribution in [0.25, 0.3) is 10.1 Å². The first-order valence-corrected chi connectivity index (χ1v) is 4.66. The Morgan fingerprint density at radius 1 is 1.17 bits per heavy atom. The van der Waals surface area contributed by atoms with Crippen LogP contribution in [-0.4, -0.2) is 0 Å². The Hall–Kier alpha value is -0.930. The summed E-state index contributed by atoms with van der Waals surface area (Å²) in [5.41, 5.74) is 12.6. The van der Waals surface area contributed by atoms with Crippen molar-refractivity contribution in [3.63, 3.8) is 0 Å². The highest BCUT2D eigenvalue weighted by molar-refractivity contribution is 7.18. The molecule has 0 amide bonds. The Morgan fingerprint density at radius 3 is 2.67 bits per heavy atom. The van der Waals surface area contributed by atoms with Crippen molar-refractivity contribution in [2.75, 3.05) is 11.5 Å². The second-order valence-electron chi connectivity index (χ2n) is 2.53. The summed E-state index contributed by atoms with van der Waals surface area (Å²) in [7, 11) is 0. The SMILES string of the molecule is Nc1ccc2scc(N)c2c1Cl. The van der Waals surface area contributed by atoms with E-state index in [0.717, 1.165) is 10.1 Å². The van der Waals surface area contributed by atoms with Gasteiger partial charge >= 0.3 is 0 Å². The molecule has 0 spiro atoms. The van der Waals surface area contributed by atoms with Gasteiger partial charge < -0.3 is 11.5 Å². The molecule has 2 aromatic rings. The average molecular weight is 199 g/mol. The lowest BCUT2D eigenvalue weighted by atomic mass is 10.2. The van der Waals surface area contributed by atoms with Crippen molar-refractivity contribution < 1.29 is 0 Å². The second kappa shape index (κ2) is 2.54. The number of hydrogen-bond donors (Lipinski definition) is 2. The van der Waals surface area contributed by atoms with Gasteiger partial charge in [0.25, 0.3) is 0 Å². The van der Waals surface area contributed by atoms with E-state index < -0.39 is 0 Å². The maximum atomic E-state index is 5.97. The smallest absolute Gasteiger partial charge is 0.0742 e. The van der Waals surface area contributed by atoms with Crippen molar-refractivity contribution in [2.45, 2.75) is 0 Å². The molecule has 2 nitrogen and oxygen atoms in total. The molecule has 1 aromatic heterocycles. The molecule has 0 unspecified atom stereocenters. The first kappa shape index (κ1) is 7.71. The Kier molecular flexibility index (Phi) is 1.63. The number of hydrogen-bond acceptors (Lipinski definition) is 3. The number of anilines is 2. The summed E-state index contributed by atoms with van der Waals surface area (Å²) < 4.78 is 1.08. The van der Waals surface area contributed by atoms with Crippen molar-refractivity contribution in [2.24, 2.45) is 0 Å². The van der Waals surface area contributed by atoms with Crippen LogP contribution in [0.2, 0.25) is 5.02 Å². The molecule has 0 bridgehead atoms. The van der Waals surface area contributed by atoms with E-state index in [1.807, 2.05) is 11.4 Å². The Bertz CT molecular complexity index is 436. The number of benzene rings is 1. The third kappa shape index (κ3) is 0.940. The minimum Gasteiger partial charge on any atom is -0.398 e. The van der Waals surface area contributed by atoms with Crippen LogP contribution in [0.15, 0.2) is 17.5 Å². The summed E-state index contributed by atoms with van der Waals surface area (Å²) in [6.45, 7) is 0. The molecule has 0 saturated heterocycles. The van der Waals surface area contributed by atoms with Crippen LogP contribution in [0.3, 0.4) is 0 Å². The highest BCUT2D eigenvalue weighted by atomic mass is 35.5. The zero-order valence-corrected chi connectivity index (χ0v) is 7.75. The molecule has 62 valence electrons. The van der Waals surface area contributed by atoms with Crippen LogP contribution >= 0.6 is 22.9 Å². The van der Waals surface area contributed by atoms with Crippen LogP contribution < -0.4 is 11.5 Å². The molecule has 4 heteroatoms. The molecule has 12 heavy (non-hydrogen) atoms. The fraction of sp³-hybridized carbons (Fsp3) is 0. The number of rotatable bonds is 0. The quantitative estimate of drug-likeness (QED) is 0.640. The average Bonchev–Trinajstić information content (AvgIpc) is 2.41. The predicted molar refractivity (Wildman–Crippen MR) is 55.7 cm³/mol. The van der Waals surface area contributed by atoms with E-state index in [1.165, 1.54) is 0 Å². The van der Waals surface area contributed by atoms with E-state index in [1.54, 1.807) is 17.4 Å². The summed E-state index contributed by atoms with van der Waals surface area (Å²) in [4.78, 5) is 0. The lowest BCUT2D eigenvalue weighted by Gasteiger charge is -1.99. The number of fused-ring (bicyclic) bond motifs is 1. The van der Waals surface area contributed by atoms with Crippen molar-refractivity contribution in [1.82, 2.24) is 0 Å². The Labute approximate surface area is 78.7 Å². The summed E-state index contributed by atoms with van der Waals surface area (Å²) in [6, 6.07) is 3.72. The molecule has 1 aromatic carbocycles. The van der Waals surface area contributed by atoms with E-state index in [4.69, 9.17) is 23.1 Å². The number of nitrogens with two attached hydrogens (primary N) is 2. The lowest BCUT2D eigenvalue weighted by Crippen LogP contribution is -1.87. The Balaban J connectivity index is 2.96. The molecule has 0 aliphatic rings. The first-order chi connectivity index (χ1) is 5.70. The van der Waals surface area contributed by atoms with Crippen molar-refractivity contribution in [1.29, 1.82) is 0 Å². The third-order valence-electron chi connectivity index (χ3n) is 1.74. The van der Waals surface area contributed by atoms with Gasteiger partial charge in [0.1, 0.15) is 0 Å². The second-order valence-corrected chi connectivity index (χ2v) is 3.82. The maximum absolute atomic E-state index is 5.97. The van der Waals surface area contributed by atoms with Crippen LogP contribution in [0.4, 0.5) is 11.4 Å². The van der Waals surface area contributed by atoms with E-state index >= 15 is 0 Å². The zero-order chi connectivity index (χ0) is 8.72. The molecular formula is C8H7ClN2S. The van der Waals surface area contributed by atoms with Gasteiger partial charge in [-0.05, 0) is 12.1 Å². The molecule has 0 saturated carbocycles. The highest BCUT2D eigenvalue weighted by Gasteiger charge is 2.07. The fourth-order valence-electron chi connectivity index (χ4n) is 1.13. The Morgan fingerprint density at radius 2 is 1.92 bits per heavy atom. The van der Waals surface area contributed by atoms with Crippen molar-refractivity contribution >= 4 is 44.4 Å².